The van der Waals surface area contributed by atoms with Crippen molar-refractivity contribution in [3.05, 3.63) is 70.3 Å². The normalized spacial score (nSPS) is 16.4. The van der Waals surface area contributed by atoms with Crippen LogP contribution in [0.3, 0.4) is 0 Å². The number of thiophene rings is 1. The van der Waals surface area contributed by atoms with Crippen molar-refractivity contribution in [2.45, 2.75) is 30.6 Å². The lowest BCUT2D eigenvalue weighted by atomic mass is 10.1. The van der Waals surface area contributed by atoms with Crippen LogP contribution >= 0.6 is 23.1 Å². The first-order valence-electron chi connectivity index (χ1n) is 10.1. The van der Waals surface area contributed by atoms with Crippen LogP contribution in [0, 0.1) is 5.82 Å². The predicted octanol–water partition coefficient (Wildman–Crippen LogP) is 4.90. The van der Waals surface area contributed by atoms with Crippen LogP contribution in [0.15, 0.2) is 58.5 Å². The third kappa shape index (κ3) is 4.03. The molecule has 5 nitrogen and oxygen atoms in total. The summed E-state index contributed by atoms with van der Waals surface area (Å²) in [6, 6.07) is 13.3. The molecule has 2 aromatic heterocycles. The maximum absolute atomic E-state index is 13.4. The van der Waals surface area contributed by atoms with Crippen molar-refractivity contribution in [3.63, 3.8) is 0 Å². The summed E-state index contributed by atoms with van der Waals surface area (Å²) in [7, 11) is 0. The molecule has 158 valence electrons. The Kier molecular flexibility index (Phi) is 5.60. The Morgan fingerprint density at radius 3 is 2.81 bits per heavy atom. The van der Waals surface area contributed by atoms with E-state index in [1.54, 1.807) is 4.57 Å². The second-order valence-corrected chi connectivity index (χ2v) is 9.43. The van der Waals surface area contributed by atoms with Crippen LogP contribution in [-0.4, -0.2) is 33.8 Å². The zero-order valence-electron chi connectivity index (χ0n) is 16.5. The van der Waals surface area contributed by atoms with E-state index in [0.717, 1.165) is 22.9 Å². The minimum atomic E-state index is -0.383. The number of fused-ring (bicyclic) bond motifs is 3. The first-order valence-corrected chi connectivity index (χ1v) is 11.9. The molecule has 0 bridgehead atoms. The number of ether oxygens (including phenoxy) is 1. The molecule has 0 N–H and O–H groups in total. The van der Waals surface area contributed by atoms with Gasteiger partial charge in [0.25, 0.3) is 5.56 Å². The molecule has 5 rings (SSSR count). The number of hydrogen-bond donors (Lipinski definition) is 0. The van der Waals surface area contributed by atoms with Crippen LogP contribution in [0.2, 0.25) is 0 Å². The topological polar surface area (TPSA) is 61.2 Å². The molecular weight excluding hydrogens is 435 g/mol. The van der Waals surface area contributed by atoms with Gasteiger partial charge in [0, 0.05) is 22.3 Å². The summed E-state index contributed by atoms with van der Waals surface area (Å²) >= 11 is 2.68. The molecule has 1 atom stereocenters. The van der Waals surface area contributed by atoms with Gasteiger partial charge in [-0.25, -0.2) is 9.37 Å². The van der Waals surface area contributed by atoms with E-state index >= 15 is 0 Å². The van der Waals surface area contributed by atoms with Gasteiger partial charge in [-0.15, -0.1) is 11.3 Å². The Morgan fingerprint density at radius 2 is 2.03 bits per heavy atom. The molecule has 0 radical (unpaired) electrons. The van der Waals surface area contributed by atoms with Crippen molar-refractivity contribution in [1.29, 1.82) is 0 Å². The summed E-state index contributed by atoms with van der Waals surface area (Å²) in [5.41, 5.74) is 1.01. The zero-order chi connectivity index (χ0) is 21.4. The minimum absolute atomic E-state index is 0.0292. The van der Waals surface area contributed by atoms with Crippen molar-refractivity contribution in [2.75, 3.05) is 12.4 Å². The molecular formula is C23H19FN2O3S2. The number of carbonyl (C=O) groups is 1. The number of rotatable bonds is 6. The summed E-state index contributed by atoms with van der Waals surface area (Å²) in [5, 5.41) is 1.45. The molecule has 3 heterocycles. The van der Waals surface area contributed by atoms with E-state index in [4.69, 9.17) is 9.72 Å². The molecule has 0 amide bonds. The van der Waals surface area contributed by atoms with Crippen LogP contribution in [-0.2, 0) is 11.3 Å². The quantitative estimate of drug-likeness (QED) is 0.236. The lowest BCUT2D eigenvalue weighted by Crippen LogP contribution is -2.28. The Labute approximate surface area is 185 Å². The maximum Gasteiger partial charge on any atom is 0.272 e. The first-order chi connectivity index (χ1) is 15.1. The molecule has 8 heteroatoms. The molecule has 1 unspecified atom stereocenters. The average molecular weight is 455 g/mol. The second kappa shape index (κ2) is 8.53. The fourth-order valence-electron chi connectivity index (χ4n) is 3.77. The average Bonchev–Trinajstić information content (AvgIpc) is 3.43. The van der Waals surface area contributed by atoms with Gasteiger partial charge >= 0.3 is 0 Å². The highest BCUT2D eigenvalue weighted by atomic mass is 32.2. The largest absolute Gasteiger partial charge is 0.376 e. The van der Waals surface area contributed by atoms with E-state index < -0.39 is 0 Å². The number of nitrogens with zero attached hydrogens (tertiary/aromatic N) is 2. The van der Waals surface area contributed by atoms with E-state index in [9.17, 15) is 14.0 Å². The van der Waals surface area contributed by atoms with E-state index in [1.807, 2.05) is 24.3 Å². The molecule has 1 aliphatic rings. The van der Waals surface area contributed by atoms with Crippen LogP contribution in [0.1, 0.15) is 23.2 Å². The Hall–Kier alpha value is -2.55. The fraction of sp³-hybridized carbons (Fsp3) is 0.261. The van der Waals surface area contributed by atoms with E-state index in [-0.39, 0.29) is 29.0 Å². The molecule has 0 saturated carbocycles. The van der Waals surface area contributed by atoms with Gasteiger partial charge in [-0.2, -0.15) is 0 Å². The van der Waals surface area contributed by atoms with E-state index in [0.29, 0.717) is 34.1 Å². The van der Waals surface area contributed by atoms with Gasteiger partial charge in [0.1, 0.15) is 10.5 Å². The fourth-order valence-corrected chi connectivity index (χ4v) is 5.75. The molecule has 0 spiro atoms. The minimum Gasteiger partial charge on any atom is -0.376 e. The second-order valence-electron chi connectivity index (χ2n) is 7.44. The van der Waals surface area contributed by atoms with Gasteiger partial charge in [-0.05, 0) is 43.2 Å². The zero-order valence-corrected chi connectivity index (χ0v) is 18.2. The third-order valence-electron chi connectivity index (χ3n) is 5.36. The number of ketones is 1. The first kappa shape index (κ1) is 20.4. The monoisotopic (exact) mass is 454 g/mol. The summed E-state index contributed by atoms with van der Waals surface area (Å²) in [5.74, 6) is -0.416. The summed E-state index contributed by atoms with van der Waals surface area (Å²) in [4.78, 5) is 30.8. The molecule has 1 fully saturated rings. The van der Waals surface area contributed by atoms with E-state index in [1.165, 1.54) is 47.4 Å². The Morgan fingerprint density at radius 1 is 1.23 bits per heavy atom. The van der Waals surface area contributed by atoms with E-state index in [2.05, 4.69) is 0 Å². The third-order valence-corrected chi connectivity index (χ3v) is 7.48. The molecule has 0 aliphatic carbocycles. The van der Waals surface area contributed by atoms with Gasteiger partial charge in [0.05, 0.1) is 23.9 Å². The maximum atomic E-state index is 13.4. The highest BCUT2D eigenvalue weighted by molar-refractivity contribution is 7.99. The smallest absolute Gasteiger partial charge is 0.272 e. The number of halogens is 1. The number of thioether (sulfide) groups is 1. The van der Waals surface area contributed by atoms with Crippen LogP contribution in [0.5, 0.6) is 0 Å². The molecule has 1 aliphatic heterocycles. The number of Topliss-reactive ketones (excluding diaryl/α,β-unsaturated/α-hetero) is 1. The predicted molar refractivity (Wildman–Crippen MR) is 122 cm³/mol. The van der Waals surface area contributed by atoms with Crippen molar-refractivity contribution in [3.8, 4) is 0 Å². The van der Waals surface area contributed by atoms with Gasteiger partial charge in [-0.1, -0.05) is 30.0 Å². The molecule has 31 heavy (non-hydrogen) atoms. The van der Waals surface area contributed by atoms with Gasteiger partial charge < -0.3 is 4.74 Å². The van der Waals surface area contributed by atoms with Crippen molar-refractivity contribution < 1.29 is 13.9 Å². The Bertz CT molecular complexity index is 1320. The SMILES string of the molecule is O=C(CSc1nc2c(sc3ccccc32)c(=O)n1CC1CCCO1)c1ccc(F)cc1. The standard InChI is InChI=1S/C23H19FN2O3S2/c24-15-9-7-14(8-10-15)18(27)13-30-23-25-20-17-5-1-2-6-19(17)31-21(20)22(28)26(23)12-16-4-3-11-29-16/h1-2,5-10,16H,3-4,11-13H2. The Balaban J connectivity index is 1.53. The van der Waals surface area contributed by atoms with Gasteiger partial charge in [0.2, 0.25) is 0 Å². The van der Waals surface area contributed by atoms with Crippen molar-refractivity contribution >= 4 is 49.2 Å². The summed E-state index contributed by atoms with van der Waals surface area (Å²) < 4.78 is 22.2. The molecule has 4 aromatic rings. The van der Waals surface area contributed by atoms with Crippen LogP contribution in [0.25, 0.3) is 20.3 Å². The van der Waals surface area contributed by atoms with Crippen molar-refractivity contribution in [1.82, 2.24) is 9.55 Å². The summed E-state index contributed by atoms with van der Waals surface area (Å²) in [6.45, 7) is 1.12. The molecule has 2 aromatic carbocycles. The van der Waals surface area contributed by atoms with Crippen molar-refractivity contribution in [2.24, 2.45) is 0 Å². The molecule has 1 saturated heterocycles. The summed E-state index contributed by atoms with van der Waals surface area (Å²) in [6.07, 6.45) is 1.84. The lowest BCUT2D eigenvalue weighted by Gasteiger charge is -2.15. The number of benzene rings is 2. The number of aromatic nitrogens is 2. The van der Waals surface area contributed by atoms with Crippen LogP contribution in [0.4, 0.5) is 4.39 Å². The number of hydrogen-bond acceptors (Lipinski definition) is 6. The highest BCUT2D eigenvalue weighted by Crippen LogP contribution is 2.32. The number of carbonyl (C=O) groups excluding carboxylic acids is 1. The van der Waals surface area contributed by atoms with Crippen LogP contribution < -0.4 is 5.56 Å². The lowest BCUT2D eigenvalue weighted by molar-refractivity contribution is 0.0938. The highest BCUT2D eigenvalue weighted by Gasteiger charge is 2.22. The van der Waals surface area contributed by atoms with Gasteiger partial charge in [0.15, 0.2) is 10.9 Å². The van der Waals surface area contributed by atoms with Gasteiger partial charge in [-0.3, -0.25) is 14.2 Å².